The van der Waals surface area contributed by atoms with Crippen LogP contribution in [0.1, 0.15) is 21.5 Å². The molecule has 5 heteroatoms. The molecule has 1 heterocycles. The fourth-order valence-electron chi connectivity index (χ4n) is 1.72. The Bertz CT molecular complexity index is 693. The van der Waals surface area contributed by atoms with Gasteiger partial charge in [0.15, 0.2) is 0 Å². The maximum atomic E-state index is 12.2. The van der Waals surface area contributed by atoms with E-state index in [1.54, 1.807) is 36.1 Å². The van der Waals surface area contributed by atoms with Gasteiger partial charge < -0.3 is 10.4 Å². The Morgan fingerprint density at radius 1 is 1.45 bits per heavy atom. The molecular formula is C15H15N3O2. The maximum Gasteiger partial charge on any atom is 0.256 e. The molecule has 0 aliphatic carbocycles. The van der Waals surface area contributed by atoms with E-state index in [0.717, 1.165) is 11.1 Å². The zero-order chi connectivity index (χ0) is 14.5. The highest BCUT2D eigenvalue weighted by Crippen LogP contribution is 2.12. The number of amides is 1. The number of aromatic nitrogens is 2. The summed E-state index contributed by atoms with van der Waals surface area (Å²) in [6.45, 7) is 1.70. The first-order valence-electron chi connectivity index (χ1n) is 6.11. The molecule has 0 spiro atoms. The van der Waals surface area contributed by atoms with Gasteiger partial charge in [-0.3, -0.25) is 9.48 Å². The number of carbonyl (C=O) groups is 1. The van der Waals surface area contributed by atoms with Gasteiger partial charge in [-0.2, -0.15) is 5.10 Å². The fourth-order valence-corrected chi connectivity index (χ4v) is 1.72. The van der Waals surface area contributed by atoms with Crippen LogP contribution >= 0.6 is 0 Å². The van der Waals surface area contributed by atoms with E-state index in [9.17, 15) is 4.79 Å². The second-order valence-electron chi connectivity index (χ2n) is 4.28. The molecule has 0 fully saturated rings. The lowest BCUT2D eigenvalue weighted by Gasteiger charge is -2.06. The number of anilines is 1. The number of aliphatic hydroxyl groups is 1. The van der Waals surface area contributed by atoms with Crippen molar-refractivity contribution >= 4 is 11.7 Å². The highest BCUT2D eigenvalue weighted by atomic mass is 16.2. The van der Waals surface area contributed by atoms with Gasteiger partial charge in [0.2, 0.25) is 0 Å². The number of aryl methyl sites for hydroxylation is 2. The molecule has 0 atom stereocenters. The summed E-state index contributed by atoms with van der Waals surface area (Å²) in [5, 5.41) is 15.5. The van der Waals surface area contributed by atoms with Crippen LogP contribution < -0.4 is 5.32 Å². The third kappa shape index (κ3) is 3.05. The number of aliphatic hydroxyl groups excluding tert-OH is 1. The Morgan fingerprint density at radius 2 is 2.25 bits per heavy atom. The molecule has 2 aromatic rings. The Balaban J connectivity index is 2.24. The molecule has 2 N–H and O–H groups in total. The Kier molecular flexibility index (Phi) is 4.18. The number of benzene rings is 1. The van der Waals surface area contributed by atoms with Gasteiger partial charge in [0.05, 0.1) is 6.20 Å². The summed E-state index contributed by atoms with van der Waals surface area (Å²) >= 11 is 0. The third-order valence-electron chi connectivity index (χ3n) is 2.86. The molecular weight excluding hydrogens is 254 g/mol. The molecule has 5 nitrogen and oxygen atoms in total. The normalized spacial score (nSPS) is 9.75. The first kappa shape index (κ1) is 13.8. The van der Waals surface area contributed by atoms with E-state index in [0.29, 0.717) is 11.4 Å². The van der Waals surface area contributed by atoms with Crippen molar-refractivity contribution in [2.45, 2.75) is 6.92 Å². The van der Waals surface area contributed by atoms with E-state index < -0.39 is 0 Å². The number of rotatable bonds is 2. The predicted octanol–water partition coefficient (Wildman–Crippen LogP) is 1.32. The Hall–Kier alpha value is -2.58. The summed E-state index contributed by atoms with van der Waals surface area (Å²) in [6, 6.07) is 7.01. The van der Waals surface area contributed by atoms with Crippen molar-refractivity contribution in [3.05, 3.63) is 47.2 Å². The standard InChI is InChI=1S/C15H15N3O2/c1-11-5-6-13(10-12(11)4-3-9-19)15(20)17-14-7-8-16-18(14)2/h5-8,10,19H,9H2,1-2H3,(H,17,20). The minimum absolute atomic E-state index is 0.203. The number of hydrogen-bond acceptors (Lipinski definition) is 3. The molecule has 102 valence electrons. The zero-order valence-electron chi connectivity index (χ0n) is 11.3. The molecule has 0 aliphatic rings. The van der Waals surface area contributed by atoms with Crippen molar-refractivity contribution in [2.24, 2.45) is 7.05 Å². The summed E-state index contributed by atoms with van der Waals surface area (Å²) in [5.41, 5.74) is 2.21. The van der Waals surface area contributed by atoms with Gasteiger partial charge in [-0.25, -0.2) is 0 Å². The lowest BCUT2D eigenvalue weighted by Crippen LogP contribution is -2.14. The van der Waals surface area contributed by atoms with Crippen LogP contribution in [0.5, 0.6) is 0 Å². The minimum Gasteiger partial charge on any atom is -0.384 e. The Labute approximate surface area is 117 Å². The van der Waals surface area contributed by atoms with Crippen LogP contribution in [-0.4, -0.2) is 27.4 Å². The van der Waals surface area contributed by atoms with Crippen LogP contribution in [0.25, 0.3) is 0 Å². The lowest BCUT2D eigenvalue weighted by molar-refractivity contribution is 0.102. The maximum absolute atomic E-state index is 12.2. The molecule has 0 aliphatic heterocycles. The van der Waals surface area contributed by atoms with Crippen molar-refractivity contribution in [3.8, 4) is 11.8 Å². The van der Waals surface area contributed by atoms with E-state index in [1.165, 1.54) is 0 Å². The average molecular weight is 269 g/mol. The number of hydrogen-bond donors (Lipinski definition) is 2. The SMILES string of the molecule is Cc1ccc(C(=O)Nc2ccnn2C)cc1C#CCO. The van der Waals surface area contributed by atoms with Crippen LogP contribution in [-0.2, 0) is 7.05 Å². The molecule has 1 aromatic heterocycles. The largest absolute Gasteiger partial charge is 0.384 e. The monoisotopic (exact) mass is 269 g/mol. The molecule has 1 aromatic carbocycles. The van der Waals surface area contributed by atoms with Gasteiger partial charge >= 0.3 is 0 Å². The summed E-state index contributed by atoms with van der Waals surface area (Å²) in [6.07, 6.45) is 1.61. The first-order chi connectivity index (χ1) is 9.61. The van der Waals surface area contributed by atoms with Crippen LogP contribution in [0.2, 0.25) is 0 Å². The van der Waals surface area contributed by atoms with Crippen molar-refractivity contribution in [3.63, 3.8) is 0 Å². The van der Waals surface area contributed by atoms with Crippen molar-refractivity contribution in [1.82, 2.24) is 9.78 Å². The molecule has 2 rings (SSSR count). The van der Waals surface area contributed by atoms with Crippen LogP contribution in [0.15, 0.2) is 30.5 Å². The van der Waals surface area contributed by atoms with E-state index >= 15 is 0 Å². The topological polar surface area (TPSA) is 67.2 Å². The summed E-state index contributed by atoms with van der Waals surface area (Å²) in [7, 11) is 1.75. The van der Waals surface area contributed by atoms with Gasteiger partial charge in [-0.15, -0.1) is 0 Å². The van der Waals surface area contributed by atoms with E-state index in [-0.39, 0.29) is 12.5 Å². The number of carbonyl (C=O) groups excluding carboxylic acids is 1. The summed E-state index contributed by atoms with van der Waals surface area (Å²) in [4.78, 5) is 12.2. The average Bonchev–Trinajstić information content (AvgIpc) is 2.83. The predicted molar refractivity (Wildman–Crippen MR) is 76.3 cm³/mol. The van der Waals surface area contributed by atoms with Crippen molar-refractivity contribution in [1.29, 1.82) is 0 Å². The number of nitrogens with zero attached hydrogens (tertiary/aromatic N) is 2. The smallest absolute Gasteiger partial charge is 0.256 e. The zero-order valence-corrected chi connectivity index (χ0v) is 11.3. The van der Waals surface area contributed by atoms with Crippen molar-refractivity contribution < 1.29 is 9.90 Å². The highest BCUT2D eigenvalue weighted by molar-refractivity contribution is 6.04. The van der Waals surface area contributed by atoms with Crippen molar-refractivity contribution in [2.75, 3.05) is 11.9 Å². The number of nitrogens with one attached hydrogen (secondary N) is 1. The molecule has 0 saturated carbocycles. The molecule has 0 radical (unpaired) electrons. The highest BCUT2D eigenvalue weighted by Gasteiger charge is 2.09. The first-order valence-corrected chi connectivity index (χ1v) is 6.11. The van der Waals surface area contributed by atoms with Gasteiger partial charge in [0.1, 0.15) is 12.4 Å². The summed E-state index contributed by atoms with van der Waals surface area (Å²) in [5.74, 6) is 5.82. The van der Waals surface area contributed by atoms with Crippen LogP contribution in [0.3, 0.4) is 0 Å². The quantitative estimate of drug-likeness (QED) is 0.808. The molecule has 0 unspecified atom stereocenters. The van der Waals surface area contributed by atoms with Gasteiger partial charge in [-0.05, 0) is 24.6 Å². The van der Waals surface area contributed by atoms with E-state index in [1.807, 2.05) is 13.0 Å². The third-order valence-corrected chi connectivity index (χ3v) is 2.86. The lowest BCUT2D eigenvalue weighted by atomic mass is 10.0. The summed E-state index contributed by atoms with van der Waals surface area (Å²) < 4.78 is 1.58. The second kappa shape index (κ2) is 6.04. The van der Waals surface area contributed by atoms with E-state index in [4.69, 9.17) is 5.11 Å². The molecule has 0 bridgehead atoms. The fraction of sp³-hybridized carbons (Fsp3) is 0.200. The van der Waals surface area contributed by atoms with Gasteiger partial charge in [0, 0.05) is 24.2 Å². The molecule has 0 saturated heterocycles. The minimum atomic E-state index is -0.222. The van der Waals surface area contributed by atoms with Gasteiger partial charge in [0.25, 0.3) is 5.91 Å². The van der Waals surface area contributed by atoms with E-state index in [2.05, 4.69) is 22.3 Å². The Morgan fingerprint density at radius 3 is 2.90 bits per heavy atom. The van der Waals surface area contributed by atoms with Crippen LogP contribution in [0, 0.1) is 18.8 Å². The molecule has 20 heavy (non-hydrogen) atoms. The molecule has 1 amide bonds. The van der Waals surface area contributed by atoms with Gasteiger partial charge in [-0.1, -0.05) is 17.9 Å². The second-order valence-corrected chi connectivity index (χ2v) is 4.28. The van der Waals surface area contributed by atoms with Crippen LogP contribution in [0.4, 0.5) is 5.82 Å².